The molecule has 7 aromatic rings. The van der Waals surface area contributed by atoms with Gasteiger partial charge >= 0.3 is 0 Å². The molecule has 1 aromatic heterocycles. The molecular formula is C78H90F2N11O12S2+. The van der Waals surface area contributed by atoms with Gasteiger partial charge in [-0.05, 0) is 100 Å². The number of aliphatic hydroxyl groups is 1. The summed E-state index contributed by atoms with van der Waals surface area (Å²) in [6, 6.07) is 44.0. The highest BCUT2D eigenvalue weighted by Crippen LogP contribution is 2.42. The van der Waals surface area contributed by atoms with E-state index in [4.69, 9.17) is 4.42 Å². The lowest BCUT2D eigenvalue weighted by Gasteiger charge is -2.35. The zero-order valence-corrected chi connectivity index (χ0v) is 61.8. The second-order valence-electron chi connectivity index (χ2n) is 26.0. The van der Waals surface area contributed by atoms with Gasteiger partial charge in [0.25, 0.3) is 5.91 Å². The third kappa shape index (κ3) is 20.1. The molecule has 5 amide bonds. The molecule has 27 heteroatoms. The van der Waals surface area contributed by atoms with Gasteiger partial charge in [-0.1, -0.05) is 110 Å². The molecular weight excluding hydrogens is 1390 g/mol. The van der Waals surface area contributed by atoms with Crippen LogP contribution in [0.1, 0.15) is 105 Å². The van der Waals surface area contributed by atoms with Crippen molar-refractivity contribution in [3.05, 3.63) is 215 Å². The first-order valence-corrected chi connectivity index (χ1v) is 38.4. The number of carbonyl (C=O) groups is 6. The minimum absolute atomic E-state index is 0.00585. The maximum absolute atomic E-state index is 14.7. The number of nitrogens with zero attached hydrogens (tertiary/aromatic N) is 8. The molecule has 1 fully saturated rings. The summed E-state index contributed by atoms with van der Waals surface area (Å²) in [6.07, 6.45) is 0.837. The molecule has 23 nitrogen and oxygen atoms in total. The van der Waals surface area contributed by atoms with Gasteiger partial charge in [-0.25, -0.2) is 34.9 Å². The Hall–Kier alpha value is -10.4. The van der Waals surface area contributed by atoms with Crippen LogP contribution in [-0.2, 0) is 52.0 Å². The van der Waals surface area contributed by atoms with E-state index in [2.05, 4.69) is 99.8 Å². The van der Waals surface area contributed by atoms with Crippen LogP contribution < -0.4 is 30.8 Å². The van der Waals surface area contributed by atoms with Gasteiger partial charge in [0.1, 0.15) is 52.7 Å². The quantitative estimate of drug-likeness (QED) is 0.0148. The first-order valence-electron chi connectivity index (χ1n) is 35.0. The predicted octanol–water partition coefficient (Wildman–Crippen LogP) is 8.55. The molecule has 105 heavy (non-hydrogen) atoms. The van der Waals surface area contributed by atoms with Gasteiger partial charge in [-0.2, -0.15) is 4.31 Å². The fraction of sp³-hybridized carbons (Fsp3) is 0.346. The van der Waals surface area contributed by atoms with E-state index in [1.807, 2.05) is 44.2 Å². The van der Waals surface area contributed by atoms with Crippen LogP contribution in [0.4, 0.5) is 14.5 Å². The molecule has 0 bridgehead atoms. The normalized spacial score (nSPS) is 13.4. The number of piperazine rings is 1. The Morgan fingerprint density at radius 1 is 0.686 bits per heavy atom. The molecule has 3 atom stereocenters. The number of sulfonamides is 1. The van der Waals surface area contributed by atoms with Crippen molar-refractivity contribution in [1.82, 2.24) is 49.6 Å². The highest BCUT2D eigenvalue weighted by atomic mass is 32.2. The van der Waals surface area contributed by atoms with E-state index >= 15 is 0 Å². The molecule has 3 aliphatic rings. The molecule has 3 heterocycles. The summed E-state index contributed by atoms with van der Waals surface area (Å²) >= 11 is 0. The van der Waals surface area contributed by atoms with E-state index in [0.29, 0.717) is 45.4 Å². The van der Waals surface area contributed by atoms with Gasteiger partial charge in [0.15, 0.2) is 15.6 Å². The fourth-order valence-corrected chi connectivity index (χ4v) is 14.8. The number of anilines is 1. The lowest BCUT2D eigenvalue weighted by Crippen LogP contribution is -2.51. The lowest BCUT2D eigenvalue weighted by molar-refractivity contribution is -0.135. The van der Waals surface area contributed by atoms with Crippen molar-refractivity contribution in [3.63, 3.8) is 0 Å². The van der Waals surface area contributed by atoms with Crippen molar-refractivity contribution in [2.45, 2.75) is 102 Å². The maximum atomic E-state index is 14.7. The summed E-state index contributed by atoms with van der Waals surface area (Å²) in [6.45, 7) is 17.6. The number of amides is 5. The minimum Gasteiger partial charge on any atom is -0.456 e. The average molecular weight is 1480 g/mol. The number of aromatic nitrogens is 3. The Balaban J connectivity index is 0.000000966. The number of carbonyl (C=O) groups excluding carboxylic acids is 6. The number of ketones is 1. The monoisotopic (exact) mass is 1470 g/mol. The lowest BCUT2D eigenvalue weighted by atomic mass is 9.90. The maximum Gasteiger partial charge on any atom is 0.254 e. The van der Waals surface area contributed by atoms with Crippen LogP contribution in [0.15, 0.2) is 184 Å². The predicted molar refractivity (Wildman–Crippen MR) is 397 cm³/mol. The molecule has 1 unspecified atom stereocenters. The van der Waals surface area contributed by atoms with Gasteiger partial charge in [0.2, 0.25) is 39.0 Å². The topological polar surface area (TPSA) is 287 Å². The Kier molecular flexibility index (Phi) is 26.9. The number of hydrogen-bond donors (Lipinski definition) is 4. The Morgan fingerprint density at radius 3 is 1.98 bits per heavy atom. The van der Waals surface area contributed by atoms with E-state index in [-0.39, 0.29) is 93.5 Å². The van der Waals surface area contributed by atoms with Crippen LogP contribution >= 0.6 is 0 Å². The van der Waals surface area contributed by atoms with E-state index < -0.39 is 78.8 Å². The van der Waals surface area contributed by atoms with Crippen LogP contribution in [-0.4, -0.2) is 177 Å². The zero-order chi connectivity index (χ0) is 75.7. The molecule has 10 rings (SSSR count). The summed E-state index contributed by atoms with van der Waals surface area (Å²) in [5, 5.41) is 29.8. The number of nitrogens with one attached hydrogen (secondary N) is 3. The summed E-state index contributed by atoms with van der Waals surface area (Å²) < 4.78 is 85.6. The molecule has 1 saturated heterocycles. The first-order chi connectivity index (χ1) is 50.2. The van der Waals surface area contributed by atoms with Crippen molar-refractivity contribution in [1.29, 1.82) is 0 Å². The molecule has 4 N–H and O–H groups in total. The smallest absolute Gasteiger partial charge is 0.254 e. The summed E-state index contributed by atoms with van der Waals surface area (Å²) in [4.78, 5) is 87.7. The second kappa shape index (κ2) is 35.9. The summed E-state index contributed by atoms with van der Waals surface area (Å²) in [7, 11) is -7.53. The van der Waals surface area contributed by atoms with E-state index in [1.165, 1.54) is 27.3 Å². The van der Waals surface area contributed by atoms with E-state index in [1.54, 1.807) is 83.5 Å². The molecule has 554 valence electrons. The number of fused-ring (bicyclic) bond motifs is 2. The van der Waals surface area contributed by atoms with Gasteiger partial charge in [0.05, 0.1) is 42.4 Å². The average Bonchev–Trinajstić information content (AvgIpc) is 1.18. The Bertz CT molecular complexity index is 4830. The molecule has 1 aliphatic carbocycles. The minimum atomic E-state index is -3.94. The SMILES string of the molecule is CCN(CC)c1ccc2c(-c3ccccc3C(=O)N3CCN(C(=O)CCC(=O)NCC(=O)N[C@@H](Cc4ccc(C(=O)c5ccccc5)cc4)C(=O)NCc4cn([C@@H](C)C(O)CN(CC(C)C)S(=O)(=O)c5ccccc5)nn4)CC3)c3ccc(=[N+](CC)CC)cc-3oc2c1.CS(=O)(=O)c1ccc(F)cc1F. The standard InChI is InChI=1S/C71H83N11O10S.C7H6F2O2S/c1-8-77(9-2)54-30-32-59-63(41-54)92-64-42-55(78(10-3)11-4)31-33-60(64)68(59)57-24-18-19-25-58(57)71(89)80-38-36-79(37-39-80)67(86)35-34-65(84)72-44-66(85)74-61(40-50-26-28-52(29-27-50)69(87)51-20-14-12-15-21-51)70(88)73-43-53-46-82(76-75-53)49(7)62(83)47-81(45-48(5)6)93(90,91)56-22-16-13-17-23-56;1-12(10,11)7-3-2-5(8)4-6(7)9/h12-33,41-42,46,48-49,61-62,83H,8-11,34-40,43-45,47H2,1-7H3,(H2-,72,73,74,84,85,88);2-4H,1H3/p+1/t49-,61-,62?;/m0./s1. The number of halogens is 2. The third-order valence-corrected chi connectivity index (χ3v) is 21.2. The number of sulfone groups is 1. The Morgan fingerprint density at radius 2 is 1.33 bits per heavy atom. The third-order valence-electron chi connectivity index (χ3n) is 18.3. The van der Waals surface area contributed by atoms with Gasteiger partial charge < -0.3 is 40.2 Å². The van der Waals surface area contributed by atoms with Gasteiger partial charge in [0, 0.05) is 135 Å². The largest absolute Gasteiger partial charge is 0.456 e. The number of rotatable bonds is 29. The number of aliphatic hydroxyl groups excluding tert-OH is 1. The highest BCUT2D eigenvalue weighted by Gasteiger charge is 2.33. The van der Waals surface area contributed by atoms with Gasteiger partial charge in [-0.15, -0.1) is 5.10 Å². The number of benzene rings is 7. The van der Waals surface area contributed by atoms with Gasteiger partial charge in [-0.3, -0.25) is 28.8 Å². The molecule has 0 saturated carbocycles. The van der Waals surface area contributed by atoms with Crippen LogP contribution in [0, 0.1) is 17.6 Å². The summed E-state index contributed by atoms with van der Waals surface area (Å²) in [5.41, 5.74) is 6.68. The number of hydrogen-bond acceptors (Lipinski definition) is 15. The molecule has 6 aromatic carbocycles. The van der Waals surface area contributed by atoms with Crippen molar-refractivity contribution in [3.8, 4) is 22.5 Å². The molecule has 0 spiro atoms. The Labute approximate surface area is 610 Å². The van der Waals surface area contributed by atoms with Crippen molar-refractivity contribution in [2.75, 3.05) is 83.1 Å². The van der Waals surface area contributed by atoms with Crippen LogP contribution in [0.25, 0.3) is 33.4 Å². The fourth-order valence-electron chi connectivity index (χ4n) is 12.5. The van der Waals surface area contributed by atoms with Crippen molar-refractivity contribution < 1.29 is 63.9 Å². The van der Waals surface area contributed by atoms with Crippen molar-refractivity contribution >= 4 is 71.8 Å². The van der Waals surface area contributed by atoms with Crippen LogP contribution in [0.2, 0.25) is 0 Å². The zero-order valence-electron chi connectivity index (χ0n) is 60.2. The van der Waals surface area contributed by atoms with Crippen molar-refractivity contribution in [2.24, 2.45) is 5.92 Å². The molecule has 0 radical (unpaired) electrons. The van der Waals surface area contributed by atoms with E-state index in [9.17, 15) is 59.5 Å². The van der Waals surface area contributed by atoms with Crippen LogP contribution in [0.3, 0.4) is 0 Å². The first kappa shape index (κ1) is 78.8. The summed E-state index contributed by atoms with van der Waals surface area (Å²) in [5.74, 6) is -3.64. The highest BCUT2D eigenvalue weighted by molar-refractivity contribution is 7.90. The van der Waals surface area contributed by atoms with E-state index in [0.717, 1.165) is 77.7 Å². The molecule has 2 aliphatic heterocycles. The van der Waals surface area contributed by atoms with Crippen LogP contribution in [0.5, 0.6) is 0 Å². The second-order valence-corrected chi connectivity index (χ2v) is 29.9.